The third-order valence-corrected chi connectivity index (χ3v) is 5.53. The van der Waals surface area contributed by atoms with Crippen LogP contribution in [0, 0.1) is 11.8 Å². The van der Waals surface area contributed by atoms with Crippen molar-refractivity contribution in [2.45, 2.75) is 51.5 Å². The Morgan fingerprint density at radius 1 is 1.19 bits per heavy atom. The van der Waals surface area contributed by atoms with E-state index in [-0.39, 0.29) is 0 Å². The van der Waals surface area contributed by atoms with Crippen molar-refractivity contribution in [1.82, 2.24) is 5.32 Å². The van der Waals surface area contributed by atoms with Gasteiger partial charge in [-0.05, 0) is 69.0 Å². The summed E-state index contributed by atoms with van der Waals surface area (Å²) in [6.45, 7) is 4.89. The topological polar surface area (TPSA) is 15.3 Å². The van der Waals surface area contributed by atoms with Gasteiger partial charge >= 0.3 is 0 Å². The van der Waals surface area contributed by atoms with Crippen LogP contribution in [0.5, 0.6) is 0 Å². The molecule has 2 heteroatoms. The minimum Gasteiger partial charge on any atom is -0.371 e. The molecule has 116 valence electrons. The lowest BCUT2D eigenvalue weighted by molar-refractivity contribution is 0.223. The lowest BCUT2D eigenvalue weighted by atomic mass is 9.78. The van der Waals surface area contributed by atoms with Gasteiger partial charge in [0.05, 0.1) is 0 Å². The highest BCUT2D eigenvalue weighted by atomic mass is 15.1. The van der Waals surface area contributed by atoms with Crippen LogP contribution < -0.4 is 10.2 Å². The Morgan fingerprint density at radius 3 is 2.90 bits per heavy atom. The molecule has 3 unspecified atom stereocenters. The fraction of sp³-hybridized carbons (Fsp3) is 0.684. The second-order valence-corrected chi connectivity index (χ2v) is 7.11. The number of benzene rings is 1. The number of aryl methyl sites for hydroxylation is 1. The highest BCUT2D eigenvalue weighted by molar-refractivity contribution is 5.54. The zero-order valence-electron chi connectivity index (χ0n) is 13.6. The molecule has 1 fully saturated rings. The quantitative estimate of drug-likeness (QED) is 0.908. The van der Waals surface area contributed by atoms with E-state index in [0.29, 0.717) is 6.04 Å². The Morgan fingerprint density at radius 2 is 2.05 bits per heavy atom. The summed E-state index contributed by atoms with van der Waals surface area (Å²) in [6, 6.07) is 9.77. The molecule has 21 heavy (non-hydrogen) atoms. The fourth-order valence-electron chi connectivity index (χ4n) is 4.32. The molecular formula is C19H30N2. The average Bonchev–Trinajstić information content (AvgIpc) is 2.70. The van der Waals surface area contributed by atoms with Crippen molar-refractivity contribution in [3.63, 3.8) is 0 Å². The highest BCUT2D eigenvalue weighted by Crippen LogP contribution is 2.33. The number of nitrogens with one attached hydrogen (secondary N) is 1. The zero-order valence-corrected chi connectivity index (χ0v) is 13.6. The maximum atomic E-state index is 3.58. The van der Waals surface area contributed by atoms with Crippen LogP contribution in [0.3, 0.4) is 0 Å². The monoisotopic (exact) mass is 286 g/mol. The maximum Gasteiger partial charge on any atom is 0.0398 e. The molecule has 3 rings (SSSR count). The van der Waals surface area contributed by atoms with Crippen molar-refractivity contribution in [2.75, 3.05) is 25.0 Å². The first-order chi connectivity index (χ1) is 10.3. The van der Waals surface area contributed by atoms with Gasteiger partial charge in [0.15, 0.2) is 0 Å². The predicted octanol–water partition coefficient (Wildman–Crippen LogP) is 3.85. The Hall–Kier alpha value is -1.02. The predicted molar refractivity (Wildman–Crippen MR) is 90.9 cm³/mol. The summed E-state index contributed by atoms with van der Waals surface area (Å²) in [5.74, 6) is 1.69. The van der Waals surface area contributed by atoms with Crippen molar-refractivity contribution in [1.29, 1.82) is 0 Å². The van der Waals surface area contributed by atoms with Crippen molar-refractivity contribution >= 4 is 5.69 Å². The van der Waals surface area contributed by atoms with Crippen molar-refractivity contribution in [3.8, 4) is 0 Å². The molecule has 1 aromatic rings. The molecule has 3 atom stereocenters. The molecule has 0 aromatic heterocycles. The second-order valence-electron chi connectivity index (χ2n) is 7.11. The lowest BCUT2D eigenvalue weighted by Gasteiger charge is -2.38. The third kappa shape index (κ3) is 3.42. The number of hydrogen-bond acceptors (Lipinski definition) is 2. The van der Waals surface area contributed by atoms with E-state index >= 15 is 0 Å². The third-order valence-electron chi connectivity index (χ3n) is 5.53. The molecule has 1 aliphatic heterocycles. The molecule has 2 nitrogen and oxygen atoms in total. The van der Waals surface area contributed by atoms with E-state index in [2.05, 4.69) is 48.5 Å². The summed E-state index contributed by atoms with van der Waals surface area (Å²) in [6.07, 6.45) is 8.04. The van der Waals surface area contributed by atoms with Gasteiger partial charge in [0.2, 0.25) is 0 Å². The van der Waals surface area contributed by atoms with E-state index in [1.165, 1.54) is 57.3 Å². The van der Waals surface area contributed by atoms with Gasteiger partial charge in [-0.2, -0.15) is 0 Å². The molecule has 2 aliphatic rings. The van der Waals surface area contributed by atoms with Crippen LogP contribution in [0.15, 0.2) is 24.3 Å². The van der Waals surface area contributed by atoms with E-state index < -0.39 is 0 Å². The minimum atomic E-state index is 0.705. The standard InChI is InChI=1S/C19H30N2/c1-15-10-11-18(20-2)17(13-15)14-21-12-6-5-8-16-7-3-4-9-19(16)21/h3-4,7,9,15,17-18,20H,5-6,8,10-14H2,1-2H3. The largest absolute Gasteiger partial charge is 0.371 e. The maximum absolute atomic E-state index is 3.58. The second kappa shape index (κ2) is 6.83. The summed E-state index contributed by atoms with van der Waals surface area (Å²) in [5, 5.41) is 3.58. The van der Waals surface area contributed by atoms with Crippen LogP contribution in [-0.4, -0.2) is 26.2 Å². The first-order valence-corrected chi connectivity index (χ1v) is 8.78. The number of rotatable bonds is 3. The van der Waals surface area contributed by atoms with Crippen LogP contribution in [0.2, 0.25) is 0 Å². The van der Waals surface area contributed by atoms with Gasteiger partial charge in [-0.3, -0.25) is 0 Å². The van der Waals surface area contributed by atoms with Crippen LogP contribution in [0.25, 0.3) is 0 Å². The number of para-hydroxylation sites is 1. The molecule has 1 aliphatic carbocycles. The molecule has 1 heterocycles. The summed E-state index contributed by atoms with van der Waals surface area (Å²) in [7, 11) is 2.14. The van der Waals surface area contributed by atoms with Crippen LogP contribution in [0.4, 0.5) is 5.69 Å². The van der Waals surface area contributed by atoms with E-state index in [1.807, 2.05) is 0 Å². The van der Waals surface area contributed by atoms with Gasteiger partial charge in [-0.25, -0.2) is 0 Å². The normalized spacial score (nSPS) is 29.8. The Bertz CT molecular complexity index is 457. The van der Waals surface area contributed by atoms with E-state index in [4.69, 9.17) is 0 Å². The molecule has 0 amide bonds. The Balaban J connectivity index is 1.76. The summed E-state index contributed by atoms with van der Waals surface area (Å²) in [5.41, 5.74) is 3.06. The number of fused-ring (bicyclic) bond motifs is 1. The molecule has 1 N–H and O–H groups in total. The van der Waals surface area contributed by atoms with Crippen LogP contribution >= 0.6 is 0 Å². The highest BCUT2D eigenvalue weighted by Gasteiger charge is 2.29. The van der Waals surface area contributed by atoms with Gasteiger partial charge < -0.3 is 10.2 Å². The van der Waals surface area contributed by atoms with Crippen molar-refractivity contribution in [3.05, 3.63) is 29.8 Å². The molecule has 0 radical (unpaired) electrons. The smallest absolute Gasteiger partial charge is 0.0398 e. The van der Waals surface area contributed by atoms with Gasteiger partial charge in [0.1, 0.15) is 0 Å². The van der Waals surface area contributed by atoms with Gasteiger partial charge in [-0.15, -0.1) is 0 Å². The van der Waals surface area contributed by atoms with E-state index in [0.717, 1.165) is 11.8 Å². The number of hydrogen-bond donors (Lipinski definition) is 1. The molecule has 1 saturated carbocycles. The first-order valence-electron chi connectivity index (χ1n) is 8.78. The van der Waals surface area contributed by atoms with Crippen LogP contribution in [0.1, 0.15) is 44.6 Å². The average molecular weight is 286 g/mol. The summed E-state index contributed by atoms with van der Waals surface area (Å²) < 4.78 is 0. The van der Waals surface area contributed by atoms with Gasteiger partial charge in [0.25, 0.3) is 0 Å². The molecule has 1 aromatic carbocycles. The molecular weight excluding hydrogens is 256 g/mol. The Kier molecular flexibility index (Phi) is 4.84. The SMILES string of the molecule is CNC1CCC(C)CC1CN1CCCCc2ccccc21. The van der Waals surface area contributed by atoms with Crippen molar-refractivity contribution < 1.29 is 0 Å². The van der Waals surface area contributed by atoms with Crippen molar-refractivity contribution in [2.24, 2.45) is 11.8 Å². The summed E-state index contributed by atoms with van der Waals surface area (Å²) >= 11 is 0. The van der Waals surface area contributed by atoms with Crippen LogP contribution in [-0.2, 0) is 6.42 Å². The van der Waals surface area contributed by atoms with E-state index in [1.54, 1.807) is 5.56 Å². The number of nitrogens with zero attached hydrogens (tertiary/aromatic N) is 1. The zero-order chi connectivity index (χ0) is 14.7. The van der Waals surface area contributed by atoms with Gasteiger partial charge in [-0.1, -0.05) is 25.1 Å². The summed E-state index contributed by atoms with van der Waals surface area (Å²) in [4.78, 5) is 2.68. The lowest BCUT2D eigenvalue weighted by Crippen LogP contribution is -2.44. The Labute approximate surface area is 129 Å². The number of anilines is 1. The van der Waals surface area contributed by atoms with Gasteiger partial charge in [0, 0.05) is 24.8 Å². The molecule has 0 spiro atoms. The molecule has 0 bridgehead atoms. The first kappa shape index (κ1) is 14.9. The van der Waals surface area contributed by atoms with E-state index in [9.17, 15) is 0 Å². The molecule has 0 saturated heterocycles. The fourth-order valence-corrected chi connectivity index (χ4v) is 4.32. The minimum absolute atomic E-state index is 0.705.